The van der Waals surface area contributed by atoms with Crippen LogP contribution in [0.4, 0.5) is 4.79 Å². The Balaban J connectivity index is 1.64. The zero-order valence-corrected chi connectivity index (χ0v) is 20.0. The van der Waals surface area contributed by atoms with Crippen molar-refractivity contribution in [3.05, 3.63) is 28.4 Å². The Labute approximate surface area is 206 Å². The lowest BCUT2D eigenvalue weighted by Crippen LogP contribution is -2.70. The van der Waals surface area contributed by atoms with Gasteiger partial charge in [0.15, 0.2) is 5.71 Å². The van der Waals surface area contributed by atoms with Gasteiger partial charge in [-0.3, -0.25) is 14.5 Å². The molecule has 16 heteroatoms. The number of carbonyl (C=O) groups excluding carboxylic acids is 4. The number of nitrogens with zero attached hydrogens (tertiary/aromatic N) is 3. The third-order valence-electron chi connectivity index (χ3n) is 4.37. The average Bonchev–Trinajstić information content (AvgIpc) is 3.33. The summed E-state index contributed by atoms with van der Waals surface area (Å²) in [5.74, 6) is -3.23. The molecule has 2 amide bonds. The second kappa shape index (κ2) is 11.7. The van der Waals surface area contributed by atoms with E-state index in [1.807, 2.05) is 0 Å². The Morgan fingerprint density at radius 2 is 2.11 bits per heavy atom. The summed E-state index contributed by atoms with van der Waals surface area (Å²) in [7, 11) is 0. The molecule has 3 unspecified atom stereocenters. The molecule has 0 radical (unpaired) electrons. The number of thioether (sulfide) groups is 1. The fourth-order valence-electron chi connectivity index (χ4n) is 2.95. The molecule has 188 valence electrons. The SMILES string of the molecule is CCOC(=O)OC(C)OC(=O)C1=CCSC2C(NC(=O)/C(=N/OCC(=O)O)c3cscn3)C(=O)N12. The standard InChI is InChI=1S/C19H20N4O10S2/c1-3-30-19(29)33-9(2)32-18(28)11-4-5-35-17-14(16(27)23(11)17)21-15(26)13(10-7-34-8-20-10)22-31-6-12(24)25/h4,7-9,14,17H,3,5-6H2,1-2H3,(H,21,26)(H,24,25)/b22-13+. The number of carboxylic acid groups (broad SMARTS) is 1. The minimum absolute atomic E-state index is 0.0539. The van der Waals surface area contributed by atoms with E-state index in [0.29, 0.717) is 5.75 Å². The molecule has 0 saturated carbocycles. The number of hydrogen-bond donors (Lipinski definition) is 2. The number of thiazole rings is 1. The van der Waals surface area contributed by atoms with Crippen molar-refractivity contribution in [3.8, 4) is 0 Å². The highest BCUT2D eigenvalue weighted by Crippen LogP contribution is 2.38. The van der Waals surface area contributed by atoms with Gasteiger partial charge in [-0.1, -0.05) is 5.16 Å². The maximum atomic E-state index is 12.8. The fourth-order valence-corrected chi connectivity index (χ4v) is 4.68. The van der Waals surface area contributed by atoms with Crippen LogP contribution in [0, 0.1) is 0 Å². The van der Waals surface area contributed by atoms with E-state index >= 15 is 0 Å². The van der Waals surface area contributed by atoms with Crippen molar-refractivity contribution >= 4 is 58.7 Å². The predicted octanol–water partition coefficient (Wildman–Crippen LogP) is 0.295. The number of aliphatic carboxylic acids is 1. The molecule has 14 nitrogen and oxygen atoms in total. The molecule has 35 heavy (non-hydrogen) atoms. The summed E-state index contributed by atoms with van der Waals surface area (Å²) in [4.78, 5) is 70.0. The second-order valence-electron chi connectivity index (χ2n) is 6.73. The first-order valence-corrected chi connectivity index (χ1v) is 12.0. The zero-order chi connectivity index (χ0) is 25.5. The van der Waals surface area contributed by atoms with Crippen molar-refractivity contribution < 1.29 is 48.1 Å². The van der Waals surface area contributed by atoms with Crippen LogP contribution in [-0.4, -0.2) is 87.3 Å². The summed E-state index contributed by atoms with van der Waals surface area (Å²) < 4.78 is 14.5. The Hall–Kier alpha value is -3.66. The smallest absolute Gasteiger partial charge is 0.479 e. The lowest BCUT2D eigenvalue weighted by molar-refractivity contribution is -0.168. The first kappa shape index (κ1) is 26.0. The van der Waals surface area contributed by atoms with Gasteiger partial charge in [0.05, 0.1) is 12.1 Å². The Kier molecular flexibility index (Phi) is 8.64. The largest absolute Gasteiger partial charge is 0.511 e. The Morgan fingerprint density at radius 3 is 2.77 bits per heavy atom. The van der Waals surface area contributed by atoms with Gasteiger partial charge in [-0.15, -0.1) is 23.1 Å². The molecular weight excluding hydrogens is 508 g/mol. The summed E-state index contributed by atoms with van der Waals surface area (Å²) >= 11 is 2.47. The van der Waals surface area contributed by atoms with Crippen molar-refractivity contribution in [1.29, 1.82) is 0 Å². The number of β-lactam (4-membered cyclic amide) rings is 1. The molecule has 0 aliphatic carbocycles. The minimum Gasteiger partial charge on any atom is -0.479 e. The molecule has 1 aromatic rings. The summed E-state index contributed by atoms with van der Waals surface area (Å²) in [6.07, 6.45) is -0.782. The number of nitrogens with one attached hydrogen (secondary N) is 1. The maximum Gasteiger partial charge on any atom is 0.511 e. The molecular formula is C19H20N4O10S2. The van der Waals surface area contributed by atoms with Crippen molar-refractivity contribution in [2.75, 3.05) is 19.0 Å². The molecule has 3 atom stereocenters. The van der Waals surface area contributed by atoms with Gasteiger partial charge in [-0.2, -0.15) is 0 Å². The third-order valence-corrected chi connectivity index (χ3v) is 6.14. The van der Waals surface area contributed by atoms with Gasteiger partial charge in [-0.25, -0.2) is 19.4 Å². The van der Waals surface area contributed by atoms with Crippen LogP contribution in [0.1, 0.15) is 19.5 Å². The van der Waals surface area contributed by atoms with Crippen LogP contribution in [0.25, 0.3) is 0 Å². The maximum absolute atomic E-state index is 12.8. The Bertz CT molecular complexity index is 1060. The van der Waals surface area contributed by atoms with Gasteiger partial charge in [0.25, 0.3) is 11.8 Å². The predicted molar refractivity (Wildman–Crippen MR) is 119 cm³/mol. The topological polar surface area (TPSA) is 183 Å². The number of aromatic nitrogens is 1. The van der Waals surface area contributed by atoms with Gasteiger partial charge < -0.3 is 29.5 Å². The number of amides is 2. The van der Waals surface area contributed by atoms with Gasteiger partial charge in [0.2, 0.25) is 12.9 Å². The van der Waals surface area contributed by atoms with E-state index in [-0.39, 0.29) is 23.7 Å². The van der Waals surface area contributed by atoms with E-state index in [9.17, 15) is 24.0 Å². The van der Waals surface area contributed by atoms with Crippen molar-refractivity contribution in [3.63, 3.8) is 0 Å². The number of rotatable bonds is 10. The van der Waals surface area contributed by atoms with E-state index in [4.69, 9.17) is 14.6 Å². The van der Waals surface area contributed by atoms with Gasteiger partial charge >= 0.3 is 18.1 Å². The summed E-state index contributed by atoms with van der Waals surface area (Å²) in [5.41, 5.74) is 1.22. The first-order chi connectivity index (χ1) is 16.7. The van der Waals surface area contributed by atoms with Crippen LogP contribution in [0.5, 0.6) is 0 Å². The Morgan fingerprint density at radius 1 is 1.34 bits per heavy atom. The molecule has 3 rings (SSSR count). The van der Waals surface area contributed by atoms with Crippen molar-refractivity contribution in [2.24, 2.45) is 5.16 Å². The van der Waals surface area contributed by atoms with Crippen LogP contribution < -0.4 is 5.32 Å². The van der Waals surface area contributed by atoms with E-state index in [1.165, 1.54) is 51.9 Å². The van der Waals surface area contributed by atoms with E-state index in [0.717, 1.165) is 0 Å². The van der Waals surface area contributed by atoms with Gasteiger partial charge in [0, 0.05) is 18.1 Å². The lowest BCUT2D eigenvalue weighted by atomic mass is 10.0. The highest BCUT2D eigenvalue weighted by molar-refractivity contribution is 8.00. The van der Waals surface area contributed by atoms with Crippen LogP contribution in [-0.2, 0) is 38.2 Å². The highest BCUT2D eigenvalue weighted by atomic mass is 32.2. The average molecular weight is 529 g/mol. The third kappa shape index (κ3) is 6.27. The van der Waals surface area contributed by atoms with Crippen molar-refractivity contribution in [1.82, 2.24) is 15.2 Å². The van der Waals surface area contributed by atoms with Gasteiger partial charge in [0.1, 0.15) is 22.8 Å². The lowest BCUT2D eigenvalue weighted by Gasteiger charge is -2.48. The summed E-state index contributed by atoms with van der Waals surface area (Å²) in [6, 6.07) is -1.000. The molecule has 2 aliphatic rings. The molecule has 0 spiro atoms. The van der Waals surface area contributed by atoms with Crippen LogP contribution in [0.2, 0.25) is 0 Å². The molecule has 3 heterocycles. The first-order valence-electron chi connectivity index (χ1n) is 10.0. The summed E-state index contributed by atoms with van der Waals surface area (Å²) in [5, 5.41) is 15.7. The highest BCUT2D eigenvalue weighted by Gasteiger charge is 2.53. The molecule has 1 fully saturated rings. The molecule has 1 aromatic heterocycles. The number of fused-ring (bicyclic) bond motifs is 1. The zero-order valence-electron chi connectivity index (χ0n) is 18.4. The monoisotopic (exact) mass is 528 g/mol. The van der Waals surface area contributed by atoms with Gasteiger partial charge in [-0.05, 0) is 13.0 Å². The quantitative estimate of drug-likeness (QED) is 0.139. The van der Waals surface area contributed by atoms with E-state index in [2.05, 4.69) is 25.0 Å². The fraction of sp³-hybridized carbons (Fsp3) is 0.421. The molecule has 2 N–H and O–H groups in total. The van der Waals surface area contributed by atoms with E-state index in [1.54, 1.807) is 6.92 Å². The number of oxime groups is 1. The normalized spacial score (nSPS) is 19.9. The summed E-state index contributed by atoms with van der Waals surface area (Å²) in [6.45, 7) is 2.21. The molecule has 1 saturated heterocycles. The number of carbonyl (C=O) groups is 5. The molecule has 2 aliphatic heterocycles. The molecule has 0 bridgehead atoms. The van der Waals surface area contributed by atoms with Crippen LogP contribution >= 0.6 is 23.1 Å². The number of hydrogen-bond acceptors (Lipinski definition) is 13. The number of carboxylic acids is 1. The van der Waals surface area contributed by atoms with Crippen molar-refractivity contribution in [2.45, 2.75) is 31.6 Å². The minimum atomic E-state index is -1.29. The second-order valence-corrected chi connectivity index (χ2v) is 8.60. The number of ether oxygens (including phenoxy) is 3. The number of esters is 1. The molecule has 0 aromatic carbocycles. The van der Waals surface area contributed by atoms with Crippen LogP contribution in [0.15, 0.2) is 27.8 Å². The van der Waals surface area contributed by atoms with Crippen LogP contribution in [0.3, 0.4) is 0 Å². The van der Waals surface area contributed by atoms with E-state index < -0.39 is 54.2 Å².